The van der Waals surface area contributed by atoms with E-state index in [9.17, 15) is 10.2 Å². The molecule has 3 rings (SSSR count). The Labute approximate surface area is 150 Å². The predicted molar refractivity (Wildman–Crippen MR) is 102 cm³/mol. The van der Waals surface area contributed by atoms with Crippen molar-refractivity contribution in [2.24, 2.45) is 10.2 Å². The quantitative estimate of drug-likeness (QED) is 0.481. The Balaban J connectivity index is 1.88. The summed E-state index contributed by atoms with van der Waals surface area (Å²) in [6.45, 7) is 3.65. The molecule has 0 saturated heterocycles. The van der Waals surface area contributed by atoms with Crippen molar-refractivity contribution in [2.45, 2.75) is 20.6 Å². The van der Waals surface area contributed by atoms with E-state index in [1.807, 2.05) is 44.2 Å². The molecule has 0 aliphatic carbocycles. The van der Waals surface area contributed by atoms with Gasteiger partial charge in [-0.2, -0.15) is 0 Å². The van der Waals surface area contributed by atoms with Crippen molar-refractivity contribution in [1.29, 1.82) is 0 Å². The second-order valence-electron chi connectivity index (χ2n) is 5.71. The Bertz CT molecular complexity index is 979. The minimum absolute atomic E-state index is 0.151. The number of azo groups is 1. The van der Waals surface area contributed by atoms with Gasteiger partial charge in [0.15, 0.2) is 5.69 Å². The lowest BCUT2D eigenvalue weighted by Crippen LogP contribution is -2.06. The first-order valence-electron chi connectivity index (χ1n) is 7.72. The summed E-state index contributed by atoms with van der Waals surface area (Å²) in [5.74, 6) is -0.151. The Morgan fingerprint density at radius 1 is 1.20 bits per heavy atom. The first-order chi connectivity index (χ1) is 12.0. The maximum Gasteiger partial charge on any atom is 0.222 e. The molecule has 0 aliphatic heterocycles. The highest BCUT2D eigenvalue weighted by Crippen LogP contribution is 2.38. The number of aryl methyl sites for hydroxylation is 2. The van der Waals surface area contributed by atoms with E-state index in [-0.39, 0.29) is 23.4 Å². The summed E-state index contributed by atoms with van der Waals surface area (Å²) in [4.78, 5) is 0. The molecule has 0 bridgehead atoms. The van der Waals surface area contributed by atoms with E-state index >= 15 is 0 Å². The van der Waals surface area contributed by atoms with Crippen molar-refractivity contribution in [3.05, 3.63) is 53.6 Å². The highest BCUT2D eigenvalue weighted by Gasteiger charge is 2.15. The smallest absolute Gasteiger partial charge is 0.222 e. The van der Waals surface area contributed by atoms with Crippen molar-refractivity contribution in [2.75, 3.05) is 5.32 Å². The summed E-state index contributed by atoms with van der Waals surface area (Å²) >= 11 is 5.22. The molecule has 3 aromatic rings. The zero-order chi connectivity index (χ0) is 18.0. The second-order valence-corrected chi connectivity index (χ2v) is 6.09. The molecule has 7 heteroatoms. The third-order valence-corrected chi connectivity index (χ3v) is 4.11. The molecule has 2 aromatic carbocycles. The number of aromatic hydroxyl groups is 1. The summed E-state index contributed by atoms with van der Waals surface area (Å²) in [6, 6.07) is 13.2. The van der Waals surface area contributed by atoms with Gasteiger partial charge in [0.2, 0.25) is 11.0 Å². The fourth-order valence-corrected chi connectivity index (χ4v) is 2.85. The van der Waals surface area contributed by atoms with Crippen LogP contribution in [-0.2, 0) is 6.73 Å². The maximum atomic E-state index is 10.3. The molecule has 25 heavy (non-hydrogen) atoms. The van der Waals surface area contributed by atoms with E-state index in [0.717, 1.165) is 16.8 Å². The largest absolute Gasteiger partial charge is 0.493 e. The molecule has 0 saturated carbocycles. The molecule has 128 valence electrons. The number of anilines is 1. The molecular weight excluding hydrogens is 336 g/mol. The van der Waals surface area contributed by atoms with Gasteiger partial charge < -0.3 is 15.5 Å². The molecule has 0 atom stereocenters. The Morgan fingerprint density at radius 2 is 1.96 bits per heavy atom. The van der Waals surface area contributed by atoms with E-state index in [0.29, 0.717) is 10.9 Å². The minimum Gasteiger partial charge on any atom is -0.493 e. The van der Waals surface area contributed by atoms with Gasteiger partial charge in [-0.3, -0.25) is 4.57 Å². The summed E-state index contributed by atoms with van der Waals surface area (Å²) in [5.41, 5.74) is 4.02. The number of aliphatic hydroxyl groups excluding tert-OH is 1. The molecule has 0 amide bonds. The number of hydrogen-bond donors (Lipinski definition) is 3. The van der Waals surface area contributed by atoms with E-state index in [4.69, 9.17) is 12.2 Å². The standard InChI is InChI=1S/C18H18N4O2S/c1-11-7-8-14(12(2)9-11)19-18(25)21-20-16-13-5-3-4-6-15(13)22(10-23)17(16)24/h3-9,23-24H,10H2,1-2H3,(H,19,25). The Morgan fingerprint density at radius 3 is 2.68 bits per heavy atom. The first-order valence-corrected chi connectivity index (χ1v) is 8.13. The lowest BCUT2D eigenvalue weighted by atomic mass is 10.1. The normalized spacial score (nSPS) is 11.3. The van der Waals surface area contributed by atoms with Crippen LogP contribution in [-0.4, -0.2) is 19.9 Å². The van der Waals surface area contributed by atoms with E-state index in [1.165, 1.54) is 4.57 Å². The Hall–Kier alpha value is -2.77. The number of fused-ring (bicyclic) bond motifs is 1. The van der Waals surface area contributed by atoms with Gasteiger partial charge in [0.05, 0.1) is 5.52 Å². The molecule has 0 unspecified atom stereocenters. The van der Waals surface area contributed by atoms with Crippen LogP contribution in [0, 0.1) is 13.8 Å². The molecule has 0 radical (unpaired) electrons. The number of para-hydroxylation sites is 1. The van der Waals surface area contributed by atoms with Crippen LogP contribution < -0.4 is 5.32 Å². The number of hydrogen-bond acceptors (Lipinski definition) is 4. The van der Waals surface area contributed by atoms with Crippen LogP contribution in [0.2, 0.25) is 0 Å². The molecule has 0 spiro atoms. The molecule has 0 aliphatic rings. The lowest BCUT2D eigenvalue weighted by molar-refractivity contribution is 0.202. The average Bonchev–Trinajstić information content (AvgIpc) is 2.86. The van der Waals surface area contributed by atoms with Gasteiger partial charge in [0, 0.05) is 11.1 Å². The first kappa shape index (κ1) is 17.1. The van der Waals surface area contributed by atoms with Crippen LogP contribution >= 0.6 is 12.2 Å². The maximum absolute atomic E-state index is 10.3. The van der Waals surface area contributed by atoms with Crippen molar-refractivity contribution in [1.82, 2.24) is 4.57 Å². The van der Waals surface area contributed by atoms with Crippen LogP contribution in [0.3, 0.4) is 0 Å². The fraction of sp³-hybridized carbons (Fsp3) is 0.167. The van der Waals surface area contributed by atoms with Crippen LogP contribution in [0.5, 0.6) is 5.88 Å². The summed E-state index contributed by atoms with van der Waals surface area (Å²) in [7, 11) is 0. The van der Waals surface area contributed by atoms with Gasteiger partial charge in [-0.15, -0.1) is 10.2 Å². The van der Waals surface area contributed by atoms with Crippen molar-refractivity contribution >= 4 is 39.6 Å². The highest BCUT2D eigenvalue weighted by molar-refractivity contribution is 7.80. The molecule has 1 aromatic heterocycles. The predicted octanol–water partition coefficient (Wildman–Crippen LogP) is 4.39. The summed E-state index contributed by atoms with van der Waals surface area (Å²) in [5, 5.41) is 31.7. The van der Waals surface area contributed by atoms with Crippen LogP contribution in [0.4, 0.5) is 11.4 Å². The van der Waals surface area contributed by atoms with Crippen molar-refractivity contribution in [3.8, 4) is 5.88 Å². The van der Waals surface area contributed by atoms with Gasteiger partial charge in [-0.05, 0) is 43.8 Å². The van der Waals surface area contributed by atoms with Gasteiger partial charge in [-0.1, -0.05) is 35.9 Å². The van der Waals surface area contributed by atoms with E-state index < -0.39 is 0 Å². The summed E-state index contributed by atoms with van der Waals surface area (Å²) in [6.07, 6.45) is 0. The lowest BCUT2D eigenvalue weighted by Gasteiger charge is -2.07. The fourth-order valence-electron chi connectivity index (χ4n) is 2.70. The number of rotatable bonds is 3. The topological polar surface area (TPSA) is 82.1 Å². The highest BCUT2D eigenvalue weighted by atomic mass is 32.1. The number of nitrogens with zero attached hydrogens (tertiary/aromatic N) is 3. The minimum atomic E-state index is -0.354. The SMILES string of the molecule is Cc1ccc(NC(=S)N=Nc2c(O)n(CO)c3ccccc23)c(C)c1. The van der Waals surface area contributed by atoms with Gasteiger partial charge in [0.25, 0.3) is 0 Å². The number of thiocarbonyl (C=S) groups is 1. The van der Waals surface area contributed by atoms with E-state index in [1.54, 1.807) is 12.1 Å². The molecule has 1 heterocycles. The Kier molecular flexibility index (Phi) is 4.78. The van der Waals surface area contributed by atoms with Crippen LogP contribution in [0.1, 0.15) is 11.1 Å². The van der Waals surface area contributed by atoms with Crippen LogP contribution in [0.25, 0.3) is 10.9 Å². The molecule has 3 N–H and O–H groups in total. The zero-order valence-corrected chi connectivity index (χ0v) is 14.7. The third-order valence-electron chi connectivity index (χ3n) is 3.92. The van der Waals surface area contributed by atoms with Crippen LogP contribution in [0.15, 0.2) is 52.7 Å². The van der Waals surface area contributed by atoms with Gasteiger partial charge in [0.1, 0.15) is 6.73 Å². The molecule has 0 fully saturated rings. The zero-order valence-electron chi connectivity index (χ0n) is 13.9. The summed E-state index contributed by atoms with van der Waals surface area (Å²) < 4.78 is 1.35. The van der Waals surface area contributed by atoms with Crippen molar-refractivity contribution in [3.63, 3.8) is 0 Å². The molecule has 6 nitrogen and oxygen atoms in total. The van der Waals surface area contributed by atoms with Gasteiger partial charge in [-0.25, -0.2) is 0 Å². The van der Waals surface area contributed by atoms with Gasteiger partial charge >= 0.3 is 0 Å². The average molecular weight is 354 g/mol. The second kappa shape index (κ2) is 7.00. The third kappa shape index (κ3) is 3.38. The number of aromatic nitrogens is 1. The van der Waals surface area contributed by atoms with Crippen molar-refractivity contribution < 1.29 is 10.2 Å². The van der Waals surface area contributed by atoms with E-state index in [2.05, 4.69) is 15.5 Å². The number of benzene rings is 2. The molecular formula is C18H18N4O2S. The number of nitrogens with one attached hydrogen (secondary N) is 1. The number of aliphatic hydroxyl groups is 1. The monoisotopic (exact) mass is 354 g/mol.